The molecule has 0 aromatic rings. The standard InChI is InChI=1S/C7H10O2/c1-5-4-9-7-6(5)2-3-8-7/h6-7H,1-4H2/t6-,7+/m1/s1. The zero-order valence-corrected chi connectivity index (χ0v) is 5.30. The molecule has 2 aliphatic rings. The molecule has 0 radical (unpaired) electrons. The molecule has 2 rings (SSSR count). The summed E-state index contributed by atoms with van der Waals surface area (Å²) in [6.45, 7) is 5.44. The number of fused-ring (bicyclic) bond motifs is 1. The Morgan fingerprint density at radius 3 is 3.11 bits per heavy atom. The van der Waals surface area contributed by atoms with Crippen LogP contribution in [0.3, 0.4) is 0 Å². The first-order valence-electron chi connectivity index (χ1n) is 3.29. The number of hydrogen-bond acceptors (Lipinski definition) is 2. The van der Waals surface area contributed by atoms with E-state index in [9.17, 15) is 0 Å². The zero-order valence-electron chi connectivity index (χ0n) is 5.30. The zero-order chi connectivity index (χ0) is 6.27. The Hall–Kier alpha value is -0.340. The van der Waals surface area contributed by atoms with Crippen molar-refractivity contribution in [2.45, 2.75) is 12.7 Å². The summed E-state index contributed by atoms with van der Waals surface area (Å²) >= 11 is 0. The maximum absolute atomic E-state index is 5.27. The Balaban J connectivity index is 2.15. The van der Waals surface area contributed by atoms with E-state index < -0.39 is 0 Å². The molecule has 2 atom stereocenters. The van der Waals surface area contributed by atoms with Crippen molar-refractivity contribution in [1.82, 2.24) is 0 Å². The Morgan fingerprint density at radius 2 is 2.33 bits per heavy atom. The van der Waals surface area contributed by atoms with Crippen molar-refractivity contribution in [3.05, 3.63) is 12.2 Å². The molecule has 50 valence electrons. The highest BCUT2D eigenvalue weighted by atomic mass is 16.7. The molecule has 0 aromatic carbocycles. The van der Waals surface area contributed by atoms with Gasteiger partial charge in [-0.15, -0.1) is 0 Å². The maximum atomic E-state index is 5.27. The monoisotopic (exact) mass is 126 g/mol. The lowest BCUT2D eigenvalue weighted by Gasteiger charge is -2.04. The van der Waals surface area contributed by atoms with Gasteiger partial charge < -0.3 is 9.47 Å². The minimum atomic E-state index is 0.0532. The van der Waals surface area contributed by atoms with Crippen LogP contribution in [-0.2, 0) is 9.47 Å². The van der Waals surface area contributed by atoms with Crippen molar-refractivity contribution in [3.8, 4) is 0 Å². The van der Waals surface area contributed by atoms with Gasteiger partial charge in [0.05, 0.1) is 13.2 Å². The molecule has 2 aliphatic heterocycles. The fourth-order valence-corrected chi connectivity index (χ4v) is 1.42. The van der Waals surface area contributed by atoms with Crippen molar-refractivity contribution < 1.29 is 9.47 Å². The van der Waals surface area contributed by atoms with Crippen LogP contribution in [0.1, 0.15) is 6.42 Å². The van der Waals surface area contributed by atoms with Crippen LogP contribution in [0.5, 0.6) is 0 Å². The highest BCUT2D eigenvalue weighted by molar-refractivity contribution is 5.08. The summed E-state index contributed by atoms with van der Waals surface area (Å²) in [7, 11) is 0. The minimum absolute atomic E-state index is 0.0532. The molecule has 0 amide bonds. The fourth-order valence-electron chi connectivity index (χ4n) is 1.42. The first-order valence-corrected chi connectivity index (χ1v) is 3.29. The van der Waals surface area contributed by atoms with E-state index in [-0.39, 0.29) is 6.29 Å². The largest absolute Gasteiger partial charge is 0.352 e. The topological polar surface area (TPSA) is 18.5 Å². The summed E-state index contributed by atoms with van der Waals surface area (Å²) in [6, 6.07) is 0. The van der Waals surface area contributed by atoms with Crippen LogP contribution < -0.4 is 0 Å². The van der Waals surface area contributed by atoms with Gasteiger partial charge in [0.25, 0.3) is 0 Å². The van der Waals surface area contributed by atoms with Crippen LogP contribution in [-0.4, -0.2) is 19.5 Å². The average Bonchev–Trinajstić information content (AvgIpc) is 2.35. The van der Waals surface area contributed by atoms with Gasteiger partial charge in [-0.3, -0.25) is 0 Å². The molecule has 0 N–H and O–H groups in total. The molecule has 9 heavy (non-hydrogen) atoms. The summed E-state index contributed by atoms with van der Waals surface area (Å²) in [4.78, 5) is 0. The molecular formula is C7H10O2. The second-order valence-electron chi connectivity index (χ2n) is 2.60. The third-order valence-corrected chi connectivity index (χ3v) is 2.00. The molecule has 2 heterocycles. The van der Waals surface area contributed by atoms with Crippen molar-refractivity contribution in [2.24, 2.45) is 5.92 Å². The van der Waals surface area contributed by atoms with Crippen molar-refractivity contribution in [1.29, 1.82) is 0 Å². The Labute approximate surface area is 54.5 Å². The van der Waals surface area contributed by atoms with Gasteiger partial charge in [-0.05, 0) is 12.0 Å². The Kier molecular flexibility index (Phi) is 1.10. The van der Waals surface area contributed by atoms with E-state index in [0.717, 1.165) is 13.0 Å². The molecule has 0 aliphatic carbocycles. The minimum Gasteiger partial charge on any atom is -0.352 e. The summed E-state index contributed by atoms with van der Waals surface area (Å²) in [6.07, 6.45) is 1.15. The van der Waals surface area contributed by atoms with Gasteiger partial charge in [0.1, 0.15) is 0 Å². The van der Waals surface area contributed by atoms with E-state index in [1.54, 1.807) is 0 Å². The lowest BCUT2D eigenvalue weighted by Crippen LogP contribution is -2.09. The average molecular weight is 126 g/mol. The van der Waals surface area contributed by atoms with Crippen LogP contribution in [0.15, 0.2) is 12.2 Å². The Morgan fingerprint density at radius 1 is 1.44 bits per heavy atom. The second-order valence-corrected chi connectivity index (χ2v) is 2.60. The summed E-state index contributed by atoms with van der Waals surface area (Å²) < 4.78 is 10.5. The van der Waals surface area contributed by atoms with Crippen LogP contribution >= 0.6 is 0 Å². The van der Waals surface area contributed by atoms with Crippen LogP contribution in [0.2, 0.25) is 0 Å². The molecule has 0 saturated carbocycles. The van der Waals surface area contributed by atoms with E-state index in [2.05, 4.69) is 6.58 Å². The number of ether oxygens (including phenoxy) is 2. The fraction of sp³-hybridized carbons (Fsp3) is 0.714. The van der Waals surface area contributed by atoms with E-state index in [1.165, 1.54) is 5.57 Å². The third-order valence-electron chi connectivity index (χ3n) is 2.00. The molecule has 0 unspecified atom stereocenters. The lowest BCUT2D eigenvalue weighted by atomic mass is 10.0. The predicted octanol–water partition coefficient (Wildman–Crippen LogP) is 0.935. The maximum Gasteiger partial charge on any atom is 0.164 e. The molecule has 0 bridgehead atoms. The molecular weight excluding hydrogens is 116 g/mol. The Bertz CT molecular complexity index is 142. The summed E-state index contributed by atoms with van der Waals surface area (Å²) in [5, 5.41) is 0. The second kappa shape index (κ2) is 1.82. The van der Waals surface area contributed by atoms with Crippen molar-refractivity contribution in [3.63, 3.8) is 0 Å². The van der Waals surface area contributed by atoms with Gasteiger partial charge >= 0.3 is 0 Å². The van der Waals surface area contributed by atoms with Gasteiger partial charge in [-0.1, -0.05) is 6.58 Å². The SMILES string of the molecule is C=C1CO[C@@H]2OCC[C@H]12. The van der Waals surface area contributed by atoms with E-state index in [4.69, 9.17) is 9.47 Å². The van der Waals surface area contributed by atoms with Gasteiger partial charge in [-0.2, -0.15) is 0 Å². The number of hydrogen-bond donors (Lipinski definition) is 0. The summed E-state index contributed by atoms with van der Waals surface area (Å²) in [5.74, 6) is 0.505. The first-order chi connectivity index (χ1) is 4.38. The van der Waals surface area contributed by atoms with Crippen LogP contribution in [0.25, 0.3) is 0 Å². The molecule has 2 saturated heterocycles. The lowest BCUT2D eigenvalue weighted by molar-refractivity contribution is -0.0904. The van der Waals surface area contributed by atoms with Crippen molar-refractivity contribution in [2.75, 3.05) is 13.2 Å². The van der Waals surface area contributed by atoms with Gasteiger partial charge in [0, 0.05) is 5.92 Å². The highest BCUT2D eigenvalue weighted by Crippen LogP contribution is 2.33. The third kappa shape index (κ3) is 0.705. The van der Waals surface area contributed by atoms with E-state index in [0.29, 0.717) is 12.5 Å². The van der Waals surface area contributed by atoms with Gasteiger partial charge in [0.2, 0.25) is 0 Å². The smallest absolute Gasteiger partial charge is 0.164 e. The van der Waals surface area contributed by atoms with E-state index >= 15 is 0 Å². The normalized spacial score (nSPS) is 41.6. The first kappa shape index (κ1) is 5.45. The van der Waals surface area contributed by atoms with Crippen molar-refractivity contribution >= 4 is 0 Å². The predicted molar refractivity (Wildman–Crippen MR) is 32.9 cm³/mol. The van der Waals surface area contributed by atoms with E-state index in [1.807, 2.05) is 0 Å². The molecule has 2 heteroatoms. The van der Waals surface area contributed by atoms with Crippen LogP contribution in [0.4, 0.5) is 0 Å². The molecule has 2 fully saturated rings. The highest BCUT2D eigenvalue weighted by Gasteiger charge is 2.36. The van der Waals surface area contributed by atoms with Gasteiger partial charge in [0.15, 0.2) is 6.29 Å². The number of rotatable bonds is 0. The van der Waals surface area contributed by atoms with Crippen LogP contribution in [0, 0.1) is 5.92 Å². The molecule has 2 nitrogen and oxygen atoms in total. The quantitative estimate of drug-likeness (QED) is 0.450. The molecule has 0 spiro atoms. The summed E-state index contributed by atoms with van der Waals surface area (Å²) in [5.41, 5.74) is 1.21. The van der Waals surface area contributed by atoms with Gasteiger partial charge in [-0.25, -0.2) is 0 Å². The molecule has 0 aromatic heterocycles.